The molecule has 1 aromatic rings. The van der Waals surface area contributed by atoms with Gasteiger partial charge in [-0.3, -0.25) is 4.90 Å². The fourth-order valence-electron chi connectivity index (χ4n) is 2.91. The molecule has 1 aromatic heterocycles. The third kappa shape index (κ3) is 2.55. The van der Waals surface area contributed by atoms with Gasteiger partial charge in [0.05, 0.1) is 5.60 Å². The molecule has 0 bridgehead atoms. The quantitative estimate of drug-likeness (QED) is 0.831. The third-order valence-electron chi connectivity index (χ3n) is 3.94. The van der Waals surface area contributed by atoms with Crippen LogP contribution in [0.3, 0.4) is 0 Å². The van der Waals surface area contributed by atoms with Crippen molar-refractivity contribution < 1.29 is 5.11 Å². The average molecular weight is 252 g/mol. The highest BCUT2D eigenvalue weighted by atomic mass is 32.1. The van der Waals surface area contributed by atoms with Crippen molar-refractivity contribution in [3.05, 3.63) is 21.9 Å². The molecule has 2 N–H and O–H groups in total. The number of β-amino-alcohol motifs (C(OH)–C–C–N with tert-alkyl or cyclic N) is 1. The van der Waals surface area contributed by atoms with Gasteiger partial charge in [-0.15, -0.1) is 11.3 Å². The molecule has 3 rings (SSSR count). The van der Waals surface area contributed by atoms with Gasteiger partial charge in [-0.1, -0.05) is 0 Å². The summed E-state index contributed by atoms with van der Waals surface area (Å²) in [7, 11) is 0. The number of piperidine rings is 1. The van der Waals surface area contributed by atoms with E-state index in [1.54, 1.807) is 4.88 Å². The molecule has 0 amide bonds. The van der Waals surface area contributed by atoms with Crippen LogP contribution in [0.1, 0.15) is 23.3 Å². The first-order chi connectivity index (χ1) is 8.25. The molecule has 2 aliphatic rings. The van der Waals surface area contributed by atoms with Crippen LogP contribution in [0.15, 0.2) is 11.4 Å². The molecule has 1 fully saturated rings. The highest BCUT2D eigenvalue weighted by Gasteiger charge is 2.32. The number of fused-ring (bicyclic) bond motifs is 1. The van der Waals surface area contributed by atoms with Crippen molar-refractivity contribution in [1.29, 1.82) is 0 Å². The Hall–Kier alpha value is -0.420. The molecule has 4 heteroatoms. The number of aliphatic hydroxyl groups is 1. The van der Waals surface area contributed by atoms with Crippen molar-refractivity contribution in [3.63, 3.8) is 0 Å². The highest BCUT2D eigenvalue weighted by molar-refractivity contribution is 7.10. The van der Waals surface area contributed by atoms with Crippen molar-refractivity contribution in [1.82, 2.24) is 10.2 Å². The summed E-state index contributed by atoms with van der Waals surface area (Å²) in [5.41, 5.74) is 1.01. The molecule has 0 unspecified atom stereocenters. The van der Waals surface area contributed by atoms with Crippen LogP contribution in [0, 0.1) is 0 Å². The van der Waals surface area contributed by atoms with Gasteiger partial charge in [0.1, 0.15) is 0 Å². The Morgan fingerprint density at radius 3 is 3.06 bits per heavy atom. The van der Waals surface area contributed by atoms with Gasteiger partial charge in [0, 0.05) is 24.5 Å². The number of rotatable bonds is 2. The van der Waals surface area contributed by atoms with E-state index in [9.17, 15) is 5.11 Å². The maximum atomic E-state index is 10.5. The summed E-state index contributed by atoms with van der Waals surface area (Å²) >= 11 is 1.87. The molecule has 17 heavy (non-hydrogen) atoms. The molecular weight excluding hydrogens is 232 g/mol. The maximum absolute atomic E-state index is 10.5. The van der Waals surface area contributed by atoms with Gasteiger partial charge in [-0.25, -0.2) is 0 Å². The smallest absolute Gasteiger partial charge is 0.0798 e. The Balaban J connectivity index is 1.63. The van der Waals surface area contributed by atoms with Gasteiger partial charge in [-0.05, 0) is 49.4 Å². The van der Waals surface area contributed by atoms with Crippen LogP contribution in [0.2, 0.25) is 0 Å². The van der Waals surface area contributed by atoms with Crippen LogP contribution in [0.5, 0.6) is 0 Å². The first kappa shape index (κ1) is 11.7. The summed E-state index contributed by atoms with van der Waals surface area (Å²) in [5.74, 6) is 0. The van der Waals surface area contributed by atoms with Crippen molar-refractivity contribution >= 4 is 11.3 Å². The van der Waals surface area contributed by atoms with Crippen LogP contribution in [-0.4, -0.2) is 41.8 Å². The second-order valence-corrected chi connectivity index (χ2v) is 6.30. The summed E-state index contributed by atoms with van der Waals surface area (Å²) in [6.07, 6.45) is 2.93. The second kappa shape index (κ2) is 4.69. The van der Waals surface area contributed by atoms with Gasteiger partial charge in [0.15, 0.2) is 0 Å². The summed E-state index contributed by atoms with van der Waals surface area (Å²) in [6.45, 7) is 4.86. The molecule has 0 spiro atoms. The fraction of sp³-hybridized carbons (Fsp3) is 0.692. The van der Waals surface area contributed by atoms with Gasteiger partial charge in [0.25, 0.3) is 0 Å². The minimum atomic E-state index is -0.460. The standard InChI is InChI=1S/C13H20N2OS/c16-13(3-5-14-6-4-13)10-15-7-1-12-11(9-15)2-8-17-12/h2,8,14,16H,1,3-7,9-10H2. The van der Waals surface area contributed by atoms with Gasteiger partial charge < -0.3 is 10.4 Å². The van der Waals surface area contributed by atoms with Gasteiger partial charge >= 0.3 is 0 Å². The Morgan fingerprint density at radius 2 is 2.24 bits per heavy atom. The zero-order chi connectivity index (χ0) is 11.7. The molecule has 3 nitrogen and oxygen atoms in total. The normalized spacial score (nSPS) is 24.5. The number of thiophene rings is 1. The first-order valence-corrected chi connectivity index (χ1v) is 7.34. The lowest BCUT2D eigenvalue weighted by Crippen LogP contribution is -2.50. The summed E-state index contributed by atoms with van der Waals surface area (Å²) in [5, 5.41) is 16.0. The Morgan fingerprint density at radius 1 is 1.41 bits per heavy atom. The number of nitrogens with zero attached hydrogens (tertiary/aromatic N) is 1. The molecule has 3 heterocycles. The molecule has 0 saturated carbocycles. The minimum absolute atomic E-state index is 0.460. The largest absolute Gasteiger partial charge is 0.388 e. The molecule has 94 valence electrons. The zero-order valence-corrected chi connectivity index (χ0v) is 10.9. The summed E-state index contributed by atoms with van der Waals surface area (Å²) in [6, 6.07) is 2.23. The fourth-order valence-corrected chi connectivity index (χ4v) is 3.80. The molecule has 2 aliphatic heterocycles. The third-order valence-corrected chi connectivity index (χ3v) is 4.96. The lowest BCUT2D eigenvalue weighted by Gasteiger charge is -2.38. The van der Waals surface area contributed by atoms with Crippen LogP contribution in [0.4, 0.5) is 0 Å². The average Bonchev–Trinajstić information content (AvgIpc) is 2.76. The molecule has 0 aliphatic carbocycles. The Bertz CT molecular complexity index is 385. The van der Waals surface area contributed by atoms with E-state index in [1.807, 2.05) is 11.3 Å². The maximum Gasteiger partial charge on any atom is 0.0798 e. The van der Waals surface area contributed by atoms with Crippen molar-refractivity contribution in [2.24, 2.45) is 0 Å². The molecule has 0 radical (unpaired) electrons. The van der Waals surface area contributed by atoms with E-state index < -0.39 is 5.60 Å². The van der Waals surface area contributed by atoms with Crippen LogP contribution in [0.25, 0.3) is 0 Å². The highest BCUT2D eigenvalue weighted by Crippen LogP contribution is 2.27. The Labute approximate surface area is 106 Å². The van der Waals surface area contributed by atoms with E-state index in [4.69, 9.17) is 0 Å². The van der Waals surface area contributed by atoms with Crippen LogP contribution in [-0.2, 0) is 13.0 Å². The lowest BCUT2D eigenvalue weighted by molar-refractivity contribution is -0.0237. The van der Waals surface area contributed by atoms with E-state index in [-0.39, 0.29) is 0 Å². The topological polar surface area (TPSA) is 35.5 Å². The molecule has 0 atom stereocenters. The van der Waals surface area contributed by atoms with E-state index >= 15 is 0 Å². The second-order valence-electron chi connectivity index (χ2n) is 5.30. The van der Waals surface area contributed by atoms with E-state index in [0.717, 1.165) is 52.0 Å². The van der Waals surface area contributed by atoms with E-state index in [2.05, 4.69) is 21.7 Å². The van der Waals surface area contributed by atoms with Crippen LogP contribution < -0.4 is 5.32 Å². The number of hydrogen-bond acceptors (Lipinski definition) is 4. The predicted octanol–water partition coefficient (Wildman–Crippen LogP) is 1.22. The van der Waals surface area contributed by atoms with Crippen molar-refractivity contribution in [2.45, 2.75) is 31.4 Å². The van der Waals surface area contributed by atoms with E-state index in [1.165, 1.54) is 5.56 Å². The summed E-state index contributed by atoms with van der Waals surface area (Å²) in [4.78, 5) is 3.96. The van der Waals surface area contributed by atoms with Crippen LogP contribution >= 0.6 is 11.3 Å². The molecule has 1 saturated heterocycles. The molecule has 0 aromatic carbocycles. The number of nitrogens with one attached hydrogen (secondary N) is 1. The number of hydrogen-bond donors (Lipinski definition) is 2. The van der Waals surface area contributed by atoms with Gasteiger partial charge in [-0.2, -0.15) is 0 Å². The van der Waals surface area contributed by atoms with Gasteiger partial charge in [0.2, 0.25) is 0 Å². The first-order valence-electron chi connectivity index (χ1n) is 6.46. The zero-order valence-electron chi connectivity index (χ0n) is 10.1. The van der Waals surface area contributed by atoms with Crippen molar-refractivity contribution in [3.8, 4) is 0 Å². The minimum Gasteiger partial charge on any atom is -0.388 e. The predicted molar refractivity (Wildman–Crippen MR) is 70.4 cm³/mol. The lowest BCUT2D eigenvalue weighted by atomic mass is 9.91. The Kier molecular flexibility index (Phi) is 3.21. The van der Waals surface area contributed by atoms with E-state index in [0.29, 0.717) is 0 Å². The summed E-state index contributed by atoms with van der Waals surface area (Å²) < 4.78 is 0. The SMILES string of the molecule is OC1(CN2CCc3sccc3C2)CCNCC1. The molecular formula is C13H20N2OS. The monoisotopic (exact) mass is 252 g/mol. The van der Waals surface area contributed by atoms with Crippen molar-refractivity contribution in [2.75, 3.05) is 26.2 Å².